The Morgan fingerprint density at radius 2 is 1.92 bits per heavy atom. The molecule has 1 fully saturated rings. The van der Waals surface area contributed by atoms with Gasteiger partial charge in [-0.25, -0.2) is 4.79 Å². The number of aliphatic hydroxyl groups is 1. The average molecular weight is 345 g/mol. The van der Waals surface area contributed by atoms with E-state index in [0.29, 0.717) is 28.7 Å². The number of carbonyl (C=O) groups excluding carboxylic acids is 2. The molecule has 2 heterocycles. The molecule has 7 heteroatoms. The topological polar surface area (TPSA) is 81.7 Å². The monoisotopic (exact) mass is 345 g/mol. The Hall–Kier alpha value is -2.38. The Balaban J connectivity index is 1.59. The zero-order valence-electron chi connectivity index (χ0n) is 13.1. The highest BCUT2D eigenvalue weighted by atomic mass is 32.1. The second kappa shape index (κ2) is 7.46. The first kappa shape index (κ1) is 16.5. The standard InChI is InChI=1S/C17H19N3O3S/c21-13-7-4-10-20(11-13)16(22)14-8-9-15(24-14)19-17(23)18-12-5-2-1-3-6-12/h1-3,5-6,8-9,13,21H,4,7,10-11H2,(H2,18,19,23). The average Bonchev–Trinajstić information content (AvgIpc) is 3.03. The van der Waals surface area contributed by atoms with Crippen molar-refractivity contribution in [2.75, 3.05) is 23.7 Å². The molecule has 0 spiro atoms. The molecule has 1 unspecified atom stereocenters. The molecule has 0 radical (unpaired) electrons. The fraction of sp³-hybridized carbons (Fsp3) is 0.294. The molecule has 2 aromatic rings. The van der Waals surface area contributed by atoms with Gasteiger partial charge in [-0.05, 0) is 37.1 Å². The van der Waals surface area contributed by atoms with Crippen LogP contribution >= 0.6 is 11.3 Å². The van der Waals surface area contributed by atoms with Crippen molar-refractivity contribution in [1.29, 1.82) is 0 Å². The molecule has 126 valence electrons. The number of aliphatic hydroxyl groups excluding tert-OH is 1. The van der Waals surface area contributed by atoms with Crippen molar-refractivity contribution in [1.82, 2.24) is 4.90 Å². The molecule has 0 aliphatic carbocycles. The number of para-hydroxylation sites is 1. The van der Waals surface area contributed by atoms with E-state index in [0.717, 1.165) is 12.8 Å². The molecule has 1 aromatic heterocycles. The van der Waals surface area contributed by atoms with E-state index in [2.05, 4.69) is 10.6 Å². The number of carbonyl (C=O) groups is 2. The summed E-state index contributed by atoms with van der Waals surface area (Å²) in [5, 5.41) is 15.7. The third-order valence-corrected chi connectivity index (χ3v) is 4.76. The number of likely N-dealkylation sites (tertiary alicyclic amines) is 1. The smallest absolute Gasteiger partial charge is 0.324 e. The van der Waals surface area contributed by atoms with Crippen molar-refractivity contribution in [3.8, 4) is 0 Å². The molecule has 1 saturated heterocycles. The van der Waals surface area contributed by atoms with Gasteiger partial charge in [0.15, 0.2) is 0 Å². The Labute approximate surface area is 144 Å². The van der Waals surface area contributed by atoms with Crippen LogP contribution in [0.1, 0.15) is 22.5 Å². The van der Waals surface area contributed by atoms with Crippen molar-refractivity contribution < 1.29 is 14.7 Å². The van der Waals surface area contributed by atoms with Crippen LogP contribution in [0.15, 0.2) is 42.5 Å². The van der Waals surface area contributed by atoms with Gasteiger partial charge in [-0.3, -0.25) is 10.1 Å². The summed E-state index contributed by atoms with van der Waals surface area (Å²) in [5.41, 5.74) is 0.699. The molecule has 1 atom stereocenters. The highest BCUT2D eigenvalue weighted by Crippen LogP contribution is 2.24. The second-order valence-corrected chi connectivity index (χ2v) is 6.74. The number of urea groups is 1. The maximum absolute atomic E-state index is 12.4. The Bertz CT molecular complexity index is 717. The molecule has 3 N–H and O–H groups in total. The number of nitrogens with one attached hydrogen (secondary N) is 2. The molecular weight excluding hydrogens is 326 g/mol. The van der Waals surface area contributed by atoms with Gasteiger partial charge in [0.1, 0.15) is 0 Å². The number of benzene rings is 1. The number of hydrogen-bond acceptors (Lipinski definition) is 4. The minimum Gasteiger partial charge on any atom is -0.391 e. The van der Waals surface area contributed by atoms with Gasteiger partial charge in [-0.15, -0.1) is 11.3 Å². The van der Waals surface area contributed by atoms with Crippen molar-refractivity contribution in [3.05, 3.63) is 47.3 Å². The van der Waals surface area contributed by atoms with E-state index in [-0.39, 0.29) is 11.9 Å². The summed E-state index contributed by atoms with van der Waals surface area (Å²) in [6, 6.07) is 12.2. The molecule has 6 nitrogen and oxygen atoms in total. The van der Waals surface area contributed by atoms with Gasteiger partial charge >= 0.3 is 6.03 Å². The number of rotatable bonds is 3. The first-order valence-electron chi connectivity index (χ1n) is 7.82. The van der Waals surface area contributed by atoms with Crippen LogP contribution in [0.3, 0.4) is 0 Å². The molecule has 0 saturated carbocycles. The maximum Gasteiger partial charge on any atom is 0.324 e. The van der Waals surface area contributed by atoms with Crippen LogP contribution in [-0.4, -0.2) is 41.1 Å². The first-order chi connectivity index (χ1) is 11.6. The largest absolute Gasteiger partial charge is 0.391 e. The van der Waals surface area contributed by atoms with Gasteiger partial charge in [0.2, 0.25) is 0 Å². The van der Waals surface area contributed by atoms with Crippen molar-refractivity contribution in [2.24, 2.45) is 0 Å². The zero-order valence-corrected chi connectivity index (χ0v) is 13.9. The molecule has 1 aliphatic rings. The lowest BCUT2D eigenvalue weighted by Gasteiger charge is -2.29. The number of piperidine rings is 1. The summed E-state index contributed by atoms with van der Waals surface area (Å²) in [5.74, 6) is -0.102. The van der Waals surface area contributed by atoms with Crippen molar-refractivity contribution >= 4 is 34.0 Å². The number of β-amino-alcohol motifs (C(OH)–C–C–N with tert-alkyl or cyclic N) is 1. The van der Waals surface area contributed by atoms with E-state index in [1.807, 2.05) is 18.2 Å². The molecule has 3 rings (SSSR count). The van der Waals surface area contributed by atoms with Crippen LogP contribution in [0.25, 0.3) is 0 Å². The van der Waals surface area contributed by atoms with E-state index in [1.54, 1.807) is 29.2 Å². The van der Waals surface area contributed by atoms with Crippen LogP contribution in [0.4, 0.5) is 15.5 Å². The predicted octanol–water partition coefficient (Wildman–Crippen LogP) is 2.99. The summed E-state index contributed by atoms with van der Waals surface area (Å²) in [4.78, 5) is 26.6. The Morgan fingerprint density at radius 1 is 1.12 bits per heavy atom. The molecular formula is C17H19N3O3S. The van der Waals surface area contributed by atoms with Gasteiger partial charge in [0, 0.05) is 18.8 Å². The van der Waals surface area contributed by atoms with Gasteiger partial charge in [-0.2, -0.15) is 0 Å². The lowest BCUT2D eigenvalue weighted by atomic mass is 10.1. The summed E-state index contributed by atoms with van der Waals surface area (Å²) in [7, 11) is 0. The summed E-state index contributed by atoms with van der Waals surface area (Å²) < 4.78 is 0. The van der Waals surface area contributed by atoms with Crippen LogP contribution in [0.2, 0.25) is 0 Å². The number of thiophene rings is 1. The summed E-state index contributed by atoms with van der Waals surface area (Å²) >= 11 is 1.23. The Morgan fingerprint density at radius 3 is 2.67 bits per heavy atom. The van der Waals surface area contributed by atoms with Crippen LogP contribution in [-0.2, 0) is 0 Å². The van der Waals surface area contributed by atoms with Crippen LogP contribution in [0, 0.1) is 0 Å². The highest BCUT2D eigenvalue weighted by Gasteiger charge is 2.24. The molecule has 24 heavy (non-hydrogen) atoms. The van der Waals surface area contributed by atoms with Crippen molar-refractivity contribution in [2.45, 2.75) is 18.9 Å². The minimum atomic E-state index is -0.447. The summed E-state index contributed by atoms with van der Waals surface area (Å²) in [6.07, 6.45) is 1.10. The number of hydrogen-bond donors (Lipinski definition) is 3. The third kappa shape index (κ3) is 4.12. The van der Waals surface area contributed by atoms with E-state index in [4.69, 9.17) is 0 Å². The van der Waals surface area contributed by atoms with E-state index >= 15 is 0 Å². The van der Waals surface area contributed by atoms with Crippen molar-refractivity contribution in [3.63, 3.8) is 0 Å². The van der Waals surface area contributed by atoms with E-state index in [1.165, 1.54) is 11.3 Å². The second-order valence-electron chi connectivity index (χ2n) is 5.66. The molecule has 1 aromatic carbocycles. The fourth-order valence-corrected chi connectivity index (χ4v) is 3.48. The van der Waals surface area contributed by atoms with E-state index in [9.17, 15) is 14.7 Å². The first-order valence-corrected chi connectivity index (χ1v) is 8.64. The predicted molar refractivity (Wildman–Crippen MR) is 94.5 cm³/mol. The fourth-order valence-electron chi connectivity index (χ4n) is 2.61. The number of nitrogens with zero attached hydrogens (tertiary/aromatic N) is 1. The highest BCUT2D eigenvalue weighted by molar-refractivity contribution is 7.18. The van der Waals surface area contributed by atoms with Gasteiger partial charge in [0.05, 0.1) is 16.0 Å². The molecule has 1 aliphatic heterocycles. The quantitative estimate of drug-likeness (QED) is 0.800. The van der Waals surface area contributed by atoms with Gasteiger partial charge < -0.3 is 15.3 Å². The third-order valence-electron chi connectivity index (χ3n) is 3.77. The SMILES string of the molecule is O=C(Nc1ccccc1)Nc1ccc(C(=O)N2CCCC(O)C2)s1. The Kier molecular flexibility index (Phi) is 5.12. The minimum absolute atomic E-state index is 0.102. The van der Waals surface area contributed by atoms with Crippen LogP contribution in [0.5, 0.6) is 0 Å². The molecule has 0 bridgehead atoms. The normalized spacial score (nSPS) is 17.4. The zero-order chi connectivity index (χ0) is 16.9. The maximum atomic E-state index is 12.4. The number of amides is 3. The molecule has 3 amide bonds. The lowest BCUT2D eigenvalue weighted by Crippen LogP contribution is -2.41. The lowest BCUT2D eigenvalue weighted by molar-refractivity contribution is 0.0478. The van der Waals surface area contributed by atoms with Crippen LogP contribution < -0.4 is 10.6 Å². The van der Waals surface area contributed by atoms with E-state index < -0.39 is 6.10 Å². The van der Waals surface area contributed by atoms with Gasteiger partial charge in [0.25, 0.3) is 5.91 Å². The number of anilines is 2. The van der Waals surface area contributed by atoms with Gasteiger partial charge in [-0.1, -0.05) is 18.2 Å². The summed E-state index contributed by atoms with van der Waals surface area (Å²) in [6.45, 7) is 1.03.